The van der Waals surface area contributed by atoms with Gasteiger partial charge in [0.2, 0.25) is 0 Å². The molecule has 1 atom stereocenters. The number of aliphatic hydroxyl groups is 1. The van der Waals surface area contributed by atoms with Crippen molar-refractivity contribution < 1.29 is 5.11 Å². The van der Waals surface area contributed by atoms with Crippen molar-refractivity contribution in [3.63, 3.8) is 0 Å². The van der Waals surface area contributed by atoms with E-state index >= 15 is 0 Å². The molecule has 3 N–H and O–H groups in total. The molecule has 0 aromatic heterocycles. The normalized spacial score (nSPS) is 4.00. The molecule has 2 nitrogen and oxygen atoms in total. The maximum absolute atomic E-state index is 7.57. The molecule has 4 heteroatoms. The van der Waals surface area contributed by atoms with Crippen LogP contribution in [0.15, 0.2) is 0 Å². The zero-order chi connectivity index (χ0) is 4.71. The number of aliphatic hydroxyl groups excluding tert-OH is 1. The molecule has 0 aliphatic carbocycles. The predicted molar refractivity (Wildman–Crippen MR) is 32.4 cm³/mol. The molecule has 3 radical (unpaired) electrons. The van der Waals surface area contributed by atoms with Crippen LogP contribution >= 0.6 is 9.39 Å². The second-order valence-electron chi connectivity index (χ2n) is 0.316. The SMILES string of the molecule is CCO.NP.[B]. The van der Waals surface area contributed by atoms with E-state index in [2.05, 4.69) is 5.50 Å². The first-order chi connectivity index (χ1) is 2.41. The van der Waals surface area contributed by atoms with Gasteiger partial charge in [-0.25, -0.2) is 0 Å². The molecule has 0 aromatic rings. The van der Waals surface area contributed by atoms with Crippen LogP contribution in [0.5, 0.6) is 0 Å². The van der Waals surface area contributed by atoms with Gasteiger partial charge in [-0.05, 0) is 6.92 Å². The minimum Gasteiger partial charge on any atom is -0.397 e. The fourth-order valence-corrected chi connectivity index (χ4v) is 0. The standard InChI is InChI=1S/C2H6O.B.H4NP/c1-2-3;;1-2/h3H,2H2,1H3;;1-2H2. The molecule has 0 heterocycles. The topological polar surface area (TPSA) is 46.2 Å². The van der Waals surface area contributed by atoms with Crippen LogP contribution in [0.4, 0.5) is 0 Å². The van der Waals surface area contributed by atoms with E-state index < -0.39 is 0 Å². The molecule has 0 bridgehead atoms. The third-order valence-corrected chi connectivity index (χ3v) is 0. The van der Waals surface area contributed by atoms with E-state index in [0.717, 1.165) is 0 Å². The zero-order valence-corrected chi connectivity index (χ0v) is 5.04. The van der Waals surface area contributed by atoms with Gasteiger partial charge < -0.3 is 10.6 Å². The molecule has 0 rings (SSSR count). The minimum atomic E-state index is 0. The van der Waals surface area contributed by atoms with Crippen LogP contribution in [-0.4, -0.2) is 20.1 Å². The Kier molecular flexibility index (Phi) is 142. The summed E-state index contributed by atoms with van der Waals surface area (Å²) in [4.78, 5) is 0. The highest BCUT2D eigenvalue weighted by Gasteiger charge is 1.34. The van der Waals surface area contributed by atoms with E-state index in [4.69, 9.17) is 5.11 Å². The molecule has 0 aliphatic heterocycles. The second kappa shape index (κ2) is 52.7. The summed E-state index contributed by atoms with van der Waals surface area (Å²) in [6.45, 7) is 1.93. The molecule has 37 valence electrons. The third-order valence-electron chi connectivity index (χ3n) is 0. The van der Waals surface area contributed by atoms with Crippen molar-refractivity contribution in [1.82, 2.24) is 0 Å². The Morgan fingerprint density at radius 2 is 1.67 bits per heavy atom. The monoisotopic (exact) mass is 106 g/mol. The van der Waals surface area contributed by atoms with Crippen molar-refractivity contribution >= 4 is 17.8 Å². The Balaban J connectivity index is -0.0000000275. The maximum atomic E-state index is 7.57. The summed E-state index contributed by atoms with van der Waals surface area (Å²) in [6, 6.07) is 0. The van der Waals surface area contributed by atoms with Crippen molar-refractivity contribution in [2.45, 2.75) is 6.92 Å². The average molecular weight is 106 g/mol. The van der Waals surface area contributed by atoms with Gasteiger partial charge in [-0.15, -0.1) is 0 Å². The molecule has 0 aliphatic rings. The van der Waals surface area contributed by atoms with Gasteiger partial charge in [0, 0.05) is 15.0 Å². The first kappa shape index (κ1) is 16.1. The molecular formula is C2H10BNOP. The van der Waals surface area contributed by atoms with Crippen LogP contribution in [0.2, 0.25) is 0 Å². The number of hydrogen-bond acceptors (Lipinski definition) is 2. The van der Waals surface area contributed by atoms with E-state index in [1.807, 2.05) is 9.39 Å². The van der Waals surface area contributed by atoms with Crippen LogP contribution in [0.3, 0.4) is 0 Å². The first-order valence-corrected chi connectivity index (χ1v) is 2.02. The quantitative estimate of drug-likeness (QED) is 0.318. The summed E-state index contributed by atoms with van der Waals surface area (Å²) in [5, 5.41) is 7.57. The highest BCUT2D eigenvalue weighted by atomic mass is 31.0. The van der Waals surface area contributed by atoms with Gasteiger partial charge in [0.15, 0.2) is 0 Å². The van der Waals surface area contributed by atoms with E-state index in [-0.39, 0.29) is 15.0 Å². The predicted octanol–water partition coefficient (Wildman–Crippen LogP) is -0.647. The summed E-state index contributed by atoms with van der Waals surface area (Å²) in [5.41, 5.74) is 4.42. The third kappa shape index (κ3) is 299. The number of rotatable bonds is 0. The lowest BCUT2D eigenvalue weighted by atomic mass is 10.8. The van der Waals surface area contributed by atoms with Crippen LogP contribution in [0.1, 0.15) is 6.92 Å². The van der Waals surface area contributed by atoms with E-state index in [9.17, 15) is 0 Å². The zero-order valence-electron chi connectivity index (χ0n) is 3.89. The molecule has 0 saturated heterocycles. The van der Waals surface area contributed by atoms with Gasteiger partial charge in [-0.2, -0.15) is 0 Å². The Morgan fingerprint density at radius 3 is 1.67 bits per heavy atom. The van der Waals surface area contributed by atoms with Crippen molar-refractivity contribution in [2.75, 3.05) is 6.61 Å². The van der Waals surface area contributed by atoms with Crippen LogP contribution in [-0.2, 0) is 0 Å². The Labute approximate surface area is 43.0 Å². The van der Waals surface area contributed by atoms with E-state index in [0.29, 0.717) is 0 Å². The molecule has 1 unspecified atom stereocenters. The Bertz CT molecular complexity index is 13.5. The maximum Gasteiger partial charge on any atom is 0.0402 e. The fourth-order valence-electron chi connectivity index (χ4n) is 0. The van der Waals surface area contributed by atoms with E-state index in [1.165, 1.54) is 0 Å². The highest BCUT2D eigenvalue weighted by Crippen LogP contribution is 1.30. The van der Waals surface area contributed by atoms with Gasteiger partial charge in [-0.1, -0.05) is 9.39 Å². The van der Waals surface area contributed by atoms with Crippen molar-refractivity contribution in [1.29, 1.82) is 0 Å². The molecular weight excluding hydrogens is 95.8 g/mol. The smallest absolute Gasteiger partial charge is 0.0402 e. The largest absolute Gasteiger partial charge is 0.397 e. The summed E-state index contributed by atoms with van der Waals surface area (Å²) >= 11 is 0. The molecule has 0 amide bonds. The Hall–Kier alpha value is 0.415. The number of hydrogen-bond donors (Lipinski definition) is 2. The lowest BCUT2D eigenvalue weighted by Gasteiger charge is -1.52. The second-order valence-corrected chi connectivity index (χ2v) is 0.316. The first-order valence-electron chi connectivity index (χ1n) is 1.36. The van der Waals surface area contributed by atoms with Crippen LogP contribution in [0.25, 0.3) is 0 Å². The minimum absolute atomic E-state index is 0. The lowest BCUT2D eigenvalue weighted by Crippen LogP contribution is -1.57. The summed E-state index contributed by atoms with van der Waals surface area (Å²) in [7, 11) is 1.92. The average Bonchev–Trinajstić information content (AvgIpc) is 1.46. The van der Waals surface area contributed by atoms with Gasteiger partial charge in [0.1, 0.15) is 0 Å². The summed E-state index contributed by atoms with van der Waals surface area (Å²) in [5.74, 6) is 0. The lowest BCUT2D eigenvalue weighted by molar-refractivity contribution is 0.318. The molecule has 0 spiro atoms. The highest BCUT2D eigenvalue weighted by molar-refractivity contribution is 7.13. The van der Waals surface area contributed by atoms with Crippen molar-refractivity contribution in [2.24, 2.45) is 5.50 Å². The van der Waals surface area contributed by atoms with Gasteiger partial charge >= 0.3 is 0 Å². The van der Waals surface area contributed by atoms with Crippen LogP contribution < -0.4 is 5.50 Å². The summed E-state index contributed by atoms with van der Waals surface area (Å²) in [6.07, 6.45) is 0. The van der Waals surface area contributed by atoms with Gasteiger partial charge in [0.05, 0.1) is 0 Å². The fraction of sp³-hybridized carbons (Fsp3) is 1.00. The van der Waals surface area contributed by atoms with E-state index in [1.54, 1.807) is 6.92 Å². The van der Waals surface area contributed by atoms with Crippen LogP contribution in [0, 0.1) is 0 Å². The summed E-state index contributed by atoms with van der Waals surface area (Å²) < 4.78 is 0. The molecule has 0 saturated carbocycles. The molecule has 6 heavy (non-hydrogen) atoms. The van der Waals surface area contributed by atoms with Crippen molar-refractivity contribution in [3.05, 3.63) is 0 Å². The van der Waals surface area contributed by atoms with Crippen molar-refractivity contribution in [3.8, 4) is 0 Å². The molecule has 0 fully saturated rings. The Morgan fingerprint density at radius 1 is 1.67 bits per heavy atom. The molecule has 0 aromatic carbocycles. The number of nitrogens with two attached hydrogens (primary N) is 1. The van der Waals surface area contributed by atoms with Gasteiger partial charge in [-0.3, -0.25) is 0 Å². The van der Waals surface area contributed by atoms with Gasteiger partial charge in [0.25, 0.3) is 0 Å².